The molecule has 0 amide bonds. The zero-order valence-corrected chi connectivity index (χ0v) is 10.1. The van der Waals surface area contributed by atoms with Gasteiger partial charge in [-0.05, 0) is 25.8 Å². The molecule has 0 fully saturated rings. The number of alkyl halides is 3. The van der Waals surface area contributed by atoms with Crippen LogP contribution in [0.4, 0.5) is 18.9 Å². The van der Waals surface area contributed by atoms with E-state index in [9.17, 15) is 18.0 Å². The first-order chi connectivity index (χ1) is 8.81. The molecule has 0 aliphatic rings. The molecule has 1 aromatic heterocycles. The summed E-state index contributed by atoms with van der Waals surface area (Å²) >= 11 is 0. The smallest absolute Gasteiger partial charge is 0.394 e. The van der Waals surface area contributed by atoms with E-state index in [-0.39, 0.29) is 5.70 Å². The number of pyridine rings is 1. The molecule has 0 radical (unpaired) electrons. The molecule has 102 valence electrons. The van der Waals surface area contributed by atoms with Gasteiger partial charge >= 0.3 is 6.18 Å². The second-order valence-electron chi connectivity index (χ2n) is 3.59. The maximum atomic E-state index is 12.7. The molecule has 0 aliphatic carbocycles. The number of aromatic nitrogens is 1. The summed E-state index contributed by atoms with van der Waals surface area (Å²) in [6.45, 7) is 4.85. The molecule has 2 N–H and O–H groups in total. The van der Waals surface area contributed by atoms with Crippen LogP contribution in [-0.2, 0) is 6.18 Å². The highest BCUT2D eigenvalue weighted by molar-refractivity contribution is 5.59. The van der Waals surface area contributed by atoms with Crippen molar-refractivity contribution in [1.82, 2.24) is 4.57 Å². The minimum Gasteiger partial charge on any atom is -0.394 e. The Bertz CT molecular complexity index is 597. The largest absolute Gasteiger partial charge is 0.417 e. The Hall–Kier alpha value is -2.31. The topological polar surface area (TPSA) is 60.4 Å². The van der Waals surface area contributed by atoms with Crippen LogP contribution in [0.5, 0.6) is 0 Å². The van der Waals surface area contributed by atoms with Gasteiger partial charge in [-0.3, -0.25) is 14.4 Å². The highest BCUT2D eigenvalue weighted by Crippen LogP contribution is 2.29. The van der Waals surface area contributed by atoms with Gasteiger partial charge in [0, 0.05) is 6.20 Å². The number of hydrogen-bond acceptors (Lipinski definition) is 3. The van der Waals surface area contributed by atoms with Gasteiger partial charge in [0.15, 0.2) is 0 Å². The summed E-state index contributed by atoms with van der Waals surface area (Å²) in [4.78, 5) is 15.2. The van der Waals surface area contributed by atoms with E-state index in [0.717, 1.165) is 4.57 Å². The molecular formula is C12H12F3N3O. The van der Waals surface area contributed by atoms with Crippen molar-refractivity contribution < 1.29 is 13.2 Å². The first kappa shape index (κ1) is 14.7. The Balaban J connectivity index is 3.59. The molecule has 19 heavy (non-hydrogen) atoms. The Kier molecular flexibility index (Phi) is 4.31. The first-order valence-electron chi connectivity index (χ1n) is 5.19. The van der Waals surface area contributed by atoms with E-state index in [1.807, 2.05) is 0 Å². The molecule has 1 rings (SSSR count). The van der Waals surface area contributed by atoms with Crippen LogP contribution in [0.1, 0.15) is 12.5 Å². The third-order valence-electron chi connectivity index (χ3n) is 2.21. The molecule has 0 aromatic carbocycles. The van der Waals surface area contributed by atoms with Crippen LogP contribution in [0.2, 0.25) is 0 Å². The zero-order valence-electron chi connectivity index (χ0n) is 10.1. The zero-order chi connectivity index (χ0) is 14.6. The summed E-state index contributed by atoms with van der Waals surface area (Å²) in [5.74, 6) is 0. The number of halogens is 3. The fourth-order valence-electron chi connectivity index (χ4n) is 1.40. The average Bonchev–Trinajstić information content (AvgIpc) is 2.31. The number of rotatable bonds is 3. The third kappa shape index (κ3) is 3.34. The van der Waals surface area contributed by atoms with E-state index in [1.165, 1.54) is 12.3 Å². The van der Waals surface area contributed by atoms with Gasteiger partial charge in [-0.2, -0.15) is 13.2 Å². The van der Waals surface area contributed by atoms with Crippen molar-refractivity contribution in [3.05, 3.63) is 46.5 Å². The van der Waals surface area contributed by atoms with E-state index in [0.29, 0.717) is 12.3 Å². The van der Waals surface area contributed by atoms with Crippen molar-refractivity contribution in [2.75, 3.05) is 5.73 Å². The SMILES string of the molecule is C=N/C=C(\C=C/C)n1cc(C(F)(F)F)cc(N)c1=O. The fraction of sp³-hybridized carbons (Fsp3) is 0.167. The lowest BCUT2D eigenvalue weighted by atomic mass is 10.2. The van der Waals surface area contributed by atoms with E-state index >= 15 is 0 Å². The first-order valence-corrected chi connectivity index (χ1v) is 5.19. The van der Waals surface area contributed by atoms with Crippen LogP contribution < -0.4 is 11.3 Å². The lowest BCUT2D eigenvalue weighted by Crippen LogP contribution is -2.24. The number of hydrogen-bond donors (Lipinski definition) is 1. The maximum absolute atomic E-state index is 12.7. The predicted octanol–water partition coefficient (Wildman–Crippen LogP) is 2.52. The summed E-state index contributed by atoms with van der Waals surface area (Å²) in [5.41, 5.74) is 3.21. The maximum Gasteiger partial charge on any atom is 0.417 e. The summed E-state index contributed by atoms with van der Waals surface area (Å²) < 4.78 is 38.8. The molecule has 0 spiro atoms. The van der Waals surface area contributed by atoms with Crippen molar-refractivity contribution in [2.45, 2.75) is 13.1 Å². The molecule has 0 bridgehead atoms. The molecule has 1 heterocycles. The number of nitrogen functional groups attached to an aromatic ring is 1. The summed E-state index contributed by atoms with van der Waals surface area (Å²) in [7, 11) is 0. The minimum absolute atomic E-state index is 0.139. The van der Waals surface area contributed by atoms with Gasteiger partial charge in [0.05, 0.1) is 23.1 Å². The van der Waals surface area contributed by atoms with E-state index < -0.39 is 23.0 Å². The number of anilines is 1. The molecule has 0 aliphatic heterocycles. The van der Waals surface area contributed by atoms with E-state index in [2.05, 4.69) is 11.7 Å². The second-order valence-corrected chi connectivity index (χ2v) is 3.59. The van der Waals surface area contributed by atoms with E-state index in [4.69, 9.17) is 5.73 Å². The van der Waals surface area contributed by atoms with Crippen LogP contribution in [0.3, 0.4) is 0 Å². The molecule has 7 heteroatoms. The van der Waals surface area contributed by atoms with Crippen molar-refractivity contribution in [1.29, 1.82) is 0 Å². The molecule has 1 aromatic rings. The highest BCUT2D eigenvalue weighted by Gasteiger charge is 2.32. The summed E-state index contributed by atoms with van der Waals surface area (Å²) in [6, 6.07) is 0.605. The fourth-order valence-corrected chi connectivity index (χ4v) is 1.40. The summed E-state index contributed by atoms with van der Waals surface area (Å²) in [5, 5.41) is 0. The van der Waals surface area contributed by atoms with Gasteiger partial charge in [0.25, 0.3) is 5.56 Å². The quantitative estimate of drug-likeness (QED) is 0.678. The Labute approximate surface area is 107 Å². The molecule has 0 saturated heterocycles. The third-order valence-corrected chi connectivity index (χ3v) is 2.21. The molecule has 0 saturated carbocycles. The summed E-state index contributed by atoms with van der Waals surface area (Å²) in [6.07, 6.45) is 0.235. The number of aliphatic imine (C=N–C) groups is 1. The van der Waals surface area contributed by atoms with Gasteiger partial charge in [0.1, 0.15) is 0 Å². The van der Waals surface area contributed by atoms with Crippen molar-refractivity contribution >= 4 is 18.1 Å². The van der Waals surface area contributed by atoms with Crippen LogP contribution >= 0.6 is 0 Å². The normalized spacial score (nSPS) is 12.9. The van der Waals surface area contributed by atoms with Crippen LogP contribution in [0, 0.1) is 0 Å². The van der Waals surface area contributed by atoms with Gasteiger partial charge < -0.3 is 5.73 Å². The molecule has 0 atom stereocenters. The Morgan fingerprint density at radius 1 is 1.53 bits per heavy atom. The molecule has 4 nitrogen and oxygen atoms in total. The van der Waals surface area contributed by atoms with Crippen LogP contribution in [0.15, 0.2) is 40.4 Å². The standard InChI is InChI=1S/C12H12F3N3O/c1-3-4-9(6-17-2)18-7-8(12(13,14)15)5-10(16)11(18)19/h3-7H,2,16H2,1H3/b4-3-,9-6+. The molecular weight excluding hydrogens is 259 g/mol. The average molecular weight is 271 g/mol. The second kappa shape index (κ2) is 5.55. The number of allylic oxidation sites excluding steroid dienone is 3. The monoisotopic (exact) mass is 271 g/mol. The van der Waals surface area contributed by atoms with Gasteiger partial charge in [0.2, 0.25) is 0 Å². The Morgan fingerprint density at radius 2 is 2.16 bits per heavy atom. The lowest BCUT2D eigenvalue weighted by Gasteiger charge is -2.12. The minimum atomic E-state index is -4.59. The highest BCUT2D eigenvalue weighted by atomic mass is 19.4. The van der Waals surface area contributed by atoms with Crippen molar-refractivity contribution in [2.24, 2.45) is 4.99 Å². The lowest BCUT2D eigenvalue weighted by molar-refractivity contribution is -0.137. The Morgan fingerprint density at radius 3 is 2.63 bits per heavy atom. The van der Waals surface area contributed by atoms with Crippen molar-refractivity contribution in [3.8, 4) is 0 Å². The van der Waals surface area contributed by atoms with Gasteiger partial charge in [-0.1, -0.05) is 6.08 Å². The predicted molar refractivity (Wildman–Crippen MR) is 68.8 cm³/mol. The van der Waals surface area contributed by atoms with Crippen molar-refractivity contribution in [3.63, 3.8) is 0 Å². The van der Waals surface area contributed by atoms with Crippen LogP contribution in [-0.4, -0.2) is 11.3 Å². The van der Waals surface area contributed by atoms with Gasteiger partial charge in [-0.25, -0.2) is 0 Å². The van der Waals surface area contributed by atoms with E-state index in [1.54, 1.807) is 13.0 Å². The number of nitrogens with two attached hydrogens (primary N) is 1. The van der Waals surface area contributed by atoms with Crippen LogP contribution in [0.25, 0.3) is 5.70 Å². The molecule has 0 unspecified atom stereocenters. The number of nitrogens with zero attached hydrogens (tertiary/aromatic N) is 2. The van der Waals surface area contributed by atoms with Gasteiger partial charge in [-0.15, -0.1) is 0 Å².